The highest BCUT2D eigenvalue weighted by molar-refractivity contribution is 5.18. The molecule has 0 heterocycles. The summed E-state index contributed by atoms with van der Waals surface area (Å²) in [5, 5.41) is 32.8. The Labute approximate surface area is 203 Å². The summed E-state index contributed by atoms with van der Waals surface area (Å²) in [6, 6.07) is 0. The van der Waals surface area contributed by atoms with Crippen LogP contribution in [-0.4, -0.2) is 33.1 Å². The predicted octanol–water partition coefficient (Wildman–Crippen LogP) is 6.50. The van der Waals surface area contributed by atoms with Gasteiger partial charge in [-0.2, -0.15) is 0 Å². The molecule has 0 aromatic rings. The molecule has 3 heteroatoms. The average Bonchev–Trinajstić information content (AvgIpc) is 3.08. The minimum Gasteiger partial charge on any atom is -0.393 e. The van der Waals surface area contributed by atoms with Crippen molar-refractivity contribution in [3.63, 3.8) is 0 Å². The van der Waals surface area contributed by atoms with Gasteiger partial charge in [-0.25, -0.2) is 0 Å². The van der Waals surface area contributed by atoms with Crippen molar-refractivity contribution >= 4 is 0 Å². The molecule has 10 atom stereocenters. The molecule has 0 amide bonds. The standard InChI is InChI=1S/C30H52O3/c1-19(2)22(31)12-18-30(8,33)21-11-16-28(6)20(21)9-10-24-27(5)15-14-25(32)26(3,4)23(27)13-17-29(24,28)7/h20-25,31-33H,1,9-18H2,2-8H3/t20-,21+,22?,23+,24-,25-,27+,28-,29-,30+/m1/s1. The number of fused-ring (bicyclic) bond motifs is 5. The molecule has 4 rings (SSSR count). The van der Waals surface area contributed by atoms with Crippen molar-refractivity contribution in [1.82, 2.24) is 0 Å². The fraction of sp³-hybridized carbons (Fsp3) is 0.933. The minimum absolute atomic E-state index is 0.00190. The quantitative estimate of drug-likeness (QED) is 0.410. The van der Waals surface area contributed by atoms with Crippen molar-refractivity contribution < 1.29 is 15.3 Å². The van der Waals surface area contributed by atoms with Gasteiger partial charge in [0.2, 0.25) is 0 Å². The molecule has 0 aliphatic heterocycles. The molecule has 1 unspecified atom stereocenters. The molecule has 4 saturated carbocycles. The second-order valence-corrected chi connectivity index (χ2v) is 14.4. The summed E-state index contributed by atoms with van der Waals surface area (Å²) in [5.74, 6) is 2.16. The Balaban J connectivity index is 1.59. The zero-order valence-corrected chi connectivity index (χ0v) is 22.6. The van der Waals surface area contributed by atoms with Gasteiger partial charge in [0.25, 0.3) is 0 Å². The van der Waals surface area contributed by atoms with Crippen LogP contribution in [0.5, 0.6) is 0 Å². The van der Waals surface area contributed by atoms with Crippen LogP contribution in [-0.2, 0) is 0 Å². The van der Waals surface area contributed by atoms with Crippen LogP contribution >= 0.6 is 0 Å². The third-order valence-electron chi connectivity index (χ3n) is 12.7. The van der Waals surface area contributed by atoms with E-state index < -0.39 is 11.7 Å². The summed E-state index contributed by atoms with van der Waals surface area (Å²) in [5.41, 5.74) is 0.905. The SMILES string of the molecule is C=C(C)C(O)CC[C@](C)(O)[C@H]1CC[C@]2(C)[C@@H]1CC[C@@H]1[C@@]3(C)CC[C@@H](O)C(C)(C)[C@@H]3CC[C@]12C. The molecule has 4 aliphatic rings. The average molecular weight is 461 g/mol. The van der Waals surface area contributed by atoms with E-state index in [-0.39, 0.29) is 16.9 Å². The Morgan fingerprint density at radius 3 is 2.21 bits per heavy atom. The van der Waals surface area contributed by atoms with E-state index in [1.165, 1.54) is 32.1 Å². The van der Waals surface area contributed by atoms with E-state index in [1.54, 1.807) is 0 Å². The molecule has 0 aromatic carbocycles. The van der Waals surface area contributed by atoms with Gasteiger partial charge in [-0.05, 0) is 123 Å². The summed E-state index contributed by atoms with van der Waals surface area (Å²) < 4.78 is 0. The van der Waals surface area contributed by atoms with E-state index in [0.717, 1.165) is 24.8 Å². The number of aliphatic hydroxyl groups is 3. The Morgan fingerprint density at radius 2 is 1.58 bits per heavy atom. The van der Waals surface area contributed by atoms with Crippen LogP contribution in [0.2, 0.25) is 0 Å². The third kappa shape index (κ3) is 3.61. The molecule has 4 fully saturated rings. The summed E-state index contributed by atoms with van der Waals surface area (Å²) in [7, 11) is 0. The van der Waals surface area contributed by atoms with Gasteiger partial charge in [-0.3, -0.25) is 0 Å². The first kappa shape index (κ1) is 25.7. The Morgan fingerprint density at radius 1 is 0.939 bits per heavy atom. The molecule has 0 saturated heterocycles. The van der Waals surface area contributed by atoms with Crippen LogP contribution in [0.3, 0.4) is 0 Å². The zero-order chi connectivity index (χ0) is 24.6. The number of hydrogen-bond donors (Lipinski definition) is 3. The number of hydrogen-bond acceptors (Lipinski definition) is 3. The first-order valence-electron chi connectivity index (χ1n) is 13.8. The fourth-order valence-corrected chi connectivity index (χ4v) is 10.3. The molecular formula is C30H52O3. The van der Waals surface area contributed by atoms with E-state index in [0.29, 0.717) is 47.3 Å². The molecule has 0 radical (unpaired) electrons. The lowest BCUT2D eigenvalue weighted by Gasteiger charge is -2.70. The second-order valence-electron chi connectivity index (χ2n) is 14.4. The van der Waals surface area contributed by atoms with Gasteiger partial charge in [0.05, 0.1) is 17.8 Å². The summed E-state index contributed by atoms with van der Waals surface area (Å²) in [6.07, 6.45) is 9.91. The van der Waals surface area contributed by atoms with Crippen LogP contribution < -0.4 is 0 Å². The molecule has 0 spiro atoms. The summed E-state index contributed by atoms with van der Waals surface area (Å²) >= 11 is 0. The zero-order valence-electron chi connectivity index (χ0n) is 22.6. The van der Waals surface area contributed by atoms with Crippen LogP contribution in [0.4, 0.5) is 0 Å². The van der Waals surface area contributed by atoms with Gasteiger partial charge in [-0.1, -0.05) is 46.8 Å². The van der Waals surface area contributed by atoms with Gasteiger partial charge in [0.15, 0.2) is 0 Å². The smallest absolute Gasteiger partial charge is 0.0745 e. The van der Waals surface area contributed by atoms with Crippen molar-refractivity contribution in [3.05, 3.63) is 12.2 Å². The number of aliphatic hydroxyl groups excluding tert-OH is 2. The first-order valence-corrected chi connectivity index (χ1v) is 13.8. The van der Waals surface area contributed by atoms with Gasteiger partial charge >= 0.3 is 0 Å². The number of rotatable bonds is 5. The topological polar surface area (TPSA) is 60.7 Å². The van der Waals surface area contributed by atoms with Crippen molar-refractivity contribution in [2.75, 3.05) is 0 Å². The molecule has 0 aromatic heterocycles. The predicted molar refractivity (Wildman–Crippen MR) is 136 cm³/mol. The molecular weight excluding hydrogens is 408 g/mol. The van der Waals surface area contributed by atoms with Gasteiger partial charge < -0.3 is 15.3 Å². The molecule has 3 nitrogen and oxygen atoms in total. The van der Waals surface area contributed by atoms with Crippen molar-refractivity contribution in [2.45, 2.75) is 130 Å². The van der Waals surface area contributed by atoms with E-state index >= 15 is 0 Å². The monoisotopic (exact) mass is 460 g/mol. The normalized spacial score (nSPS) is 49.3. The molecule has 33 heavy (non-hydrogen) atoms. The van der Waals surface area contributed by atoms with Crippen LogP contribution in [0, 0.1) is 45.3 Å². The summed E-state index contributed by atoms with van der Waals surface area (Å²) in [4.78, 5) is 0. The highest BCUT2D eigenvalue weighted by Crippen LogP contribution is 2.75. The van der Waals surface area contributed by atoms with Crippen LogP contribution in [0.25, 0.3) is 0 Å². The van der Waals surface area contributed by atoms with Crippen LogP contribution in [0.15, 0.2) is 12.2 Å². The maximum Gasteiger partial charge on any atom is 0.0745 e. The van der Waals surface area contributed by atoms with Crippen molar-refractivity contribution in [1.29, 1.82) is 0 Å². The largest absolute Gasteiger partial charge is 0.393 e. The van der Waals surface area contributed by atoms with Gasteiger partial charge in [0.1, 0.15) is 0 Å². The third-order valence-corrected chi connectivity index (χ3v) is 12.7. The maximum absolute atomic E-state index is 11.6. The highest BCUT2D eigenvalue weighted by Gasteiger charge is 2.69. The van der Waals surface area contributed by atoms with E-state index in [4.69, 9.17) is 0 Å². The van der Waals surface area contributed by atoms with Gasteiger partial charge in [0, 0.05) is 0 Å². The maximum atomic E-state index is 11.6. The molecule has 3 N–H and O–H groups in total. The Kier molecular flexibility index (Phi) is 6.28. The Hall–Kier alpha value is -0.380. The minimum atomic E-state index is -0.736. The van der Waals surface area contributed by atoms with Crippen molar-refractivity contribution in [3.8, 4) is 0 Å². The summed E-state index contributed by atoms with van der Waals surface area (Å²) in [6.45, 7) is 20.2. The van der Waals surface area contributed by atoms with E-state index in [2.05, 4.69) is 41.2 Å². The van der Waals surface area contributed by atoms with E-state index in [9.17, 15) is 15.3 Å². The Bertz CT molecular complexity index is 771. The van der Waals surface area contributed by atoms with Gasteiger partial charge in [-0.15, -0.1) is 0 Å². The second kappa shape index (κ2) is 8.07. The lowest BCUT2D eigenvalue weighted by molar-refractivity contribution is -0.225. The molecule has 4 aliphatic carbocycles. The molecule has 190 valence electrons. The first-order chi connectivity index (χ1) is 15.1. The fourth-order valence-electron chi connectivity index (χ4n) is 10.3. The lowest BCUT2D eigenvalue weighted by atomic mass is 9.35. The van der Waals surface area contributed by atoms with Crippen LogP contribution in [0.1, 0.15) is 113 Å². The van der Waals surface area contributed by atoms with Crippen molar-refractivity contribution in [2.24, 2.45) is 45.3 Å². The highest BCUT2D eigenvalue weighted by atomic mass is 16.3. The lowest BCUT2D eigenvalue weighted by Crippen LogP contribution is -2.64. The van der Waals surface area contributed by atoms with E-state index in [1.807, 2.05) is 13.8 Å². The molecule has 0 bridgehead atoms.